The van der Waals surface area contributed by atoms with Crippen LogP contribution in [0.2, 0.25) is 0 Å². The van der Waals surface area contributed by atoms with E-state index in [2.05, 4.69) is 54.9 Å². The quantitative estimate of drug-likeness (QED) is 0.750. The number of nitrogens with zero attached hydrogens (tertiary/aromatic N) is 4. The Morgan fingerprint density at radius 3 is 2.76 bits per heavy atom. The van der Waals surface area contributed by atoms with Crippen LogP contribution in [0.3, 0.4) is 0 Å². The Labute approximate surface area is 147 Å². The van der Waals surface area contributed by atoms with Crippen molar-refractivity contribution < 1.29 is 0 Å². The molecule has 1 unspecified atom stereocenters. The number of hydrogen-bond acceptors (Lipinski definition) is 5. The molecule has 0 spiro atoms. The highest BCUT2D eigenvalue weighted by Gasteiger charge is 2.21. The summed E-state index contributed by atoms with van der Waals surface area (Å²) in [6, 6.07) is 14.9. The second-order valence-corrected chi connectivity index (χ2v) is 6.46. The van der Waals surface area contributed by atoms with Crippen LogP contribution in [-0.4, -0.2) is 33.5 Å². The number of H-pyrrole nitrogens is 1. The summed E-state index contributed by atoms with van der Waals surface area (Å²) in [5.74, 6) is 0.944. The standard InChI is InChI=1S/C19H22N6/c1-25(16-5-3-2-4-6-16)19-10-7-14(13-21-19)12-20-15-8-9-17-18(11-15)23-24-22-17/h2-7,10,13,15,20H,8-9,11-12H2,1H3,(H,22,23,24). The van der Waals surface area contributed by atoms with Gasteiger partial charge in [-0.25, -0.2) is 4.98 Å². The normalized spacial score (nSPS) is 16.4. The Hall–Kier alpha value is -2.73. The van der Waals surface area contributed by atoms with Gasteiger partial charge in [0.25, 0.3) is 0 Å². The Morgan fingerprint density at radius 1 is 1.12 bits per heavy atom. The van der Waals surface area contributed by atoms with Crippen LogP contribution in [0.4, 0.5) is 11.5 Å². The van der Waals surface area contributed by atoms with Gasteiger partial charge in [0.2, 0.25) is 0 Å². The van der Waals surface area contributed by atoms with E-state index in [9.17, 15) is 0 Å². The number of rotatable bonds is 5. The second-order valence-electron chi connectivity index (χ2n) is 6.46. The number of aromatic amines is 1. The molecule has 0 radical (unpaired) electrons. The van der Waals surface area contributed by atoms with Crippen LogP contribution < -0.4 is 10.2 Å². The minimum absolute atomic E-state index is 0.448. The predicted octanol–water partition coefficient (Wildman–Crippen LogP) is 2.61. The van der Waals surface area contributed by atoms with E-state index < -0.39 is 0 Å². The fourth-order valence-electron chi connectivity index (χ4n) is 3.22. The molecule has 128 valence electrons. The van der Waals surface area contributed by atoms with Crippen molar-refractivity contribution in [2.24, 2.45) is 0 Å². The molecule has 2 aromatic heterocycles. The number of para-hydroxylation sites is 1. The van der Waals surface area contributed by atoms with E-state index in [1.54, 1.807) is 0 Å². The summed E-state index contributed by atoms with van der Waals surface area (Å²) in [6.45, 7) is 0.820. The molecule has 6 nitrogen and oxygen atoms in total. The first-order chi connectivity index (χ1) is 12.3. The monoisotopic (exact) mass is 334 g/mol. The first-order valence-corrected chi connectivity index (χ1v) is 8.65. The lowest BCUT2D eigenvalue weighted by Crippen LogP contribution is -2.34. The molecule has 1 aliphatic carbocycles. The minimum Gasteiger partial charge on any atom is -0.329 e. The Morgan fingerprint density at radius 2 is 1.96 bits per heavy atom. The van der Waals surface area contributed by atoms with Crippen molar-refractivity contribution in [3.8, 4) is 0 Å². The van der Waals surface area contributed by atoms with E-state index in [0.29, 0.717) is 6.04 Å². The molecule has 2 N–H and O–H groups in total. The number of aryl methyl sites for hydroxylation is 1. The Kier molecular flexibility index (Phi) is 4.43. The van der Waals surface area contributed by atoms with E-state index in [1.807, 2.05) is 31.4 Å². The van der Waals surface area contributed by atoms with Gasteiger partial charge in [0, 0.05) is 37.9 Å². The van der Waals surface area contributed by atoms with Crippen LogP contribution in [0, 0.1) is 0 Å². The molecule has 0 fully saturated rings. The summed E-state index contributed by atoms with van der Waals surface area (Å²) in [4.78, 5) is 6.69. The van der Waals surface area contributed by atoms with Crippen LogP contribution in [0.5, 0.6) is 0 Å². The zero-order valence-corrected chi connectivity index (χ0v) is 14.3. The van der Waals surface area contributed by atoms with E-state index in [1.165, 1.54) is 5.56 Å². The van der Waals surface area contributed by atoms with Gasteiger partial charge in [0.15, 0.2) is 0 Å². The van der Waals surface area contributed by atoms with Crippen LogP contribution in [-0.2, 0) is 19.4 Å². The van der Waals surface area contributed by atoms with Crippen molar-refractivity contribution in [3.63, 3.8) is 0 Å². The van der Waals surface area contributed by atoms with Gasteiger partial charge >= 0.3 is 0 Å². The predicted molar refractivity (Wildman–Crippen MR) is 97.8 cm³/mol. The van der Waals surface area contributed by atoms with Crippen molar-refractivity contribution in [3.05, 3.63) is 65.6 Å². The first kappa shape index (κ1) is 15.8. The van der Waals surface area contributed by atoms with Gasteiger partial charge in [-0.2, -0.15) is 15.4 Å². The van der Waals surface area contributed by atoms with Crippen LogP contribution >= 0.6 is 0 Å². The summed E-state index contributed by atoms with van der Waals surface area (Å²) in [5, 5.41) is 14.7. The Balaban J connectivity index is 1.35. The molecule has 1 aliphatic rings. The topological polar surface area (TPSA) is 69.7 Å². The number of hydrogen-bond donors (Lipinski definition) is 2. The fraction of sp³-hybridized carbons (Fsp3) is 0.316. The summed E-state index contributed by atoms with van der Waals surface area (Å²) >= 11 is 0. The van der Waals surface area contributed by atoms with Gasteiger partial charge in [0.05, 0.1) is 11.4 Å². The van der Waals surface area contributed by atoms with Gasteiger partial charge in [-0.1, -0.05) is 24.3 Å². The van der Waals surface area contributed by atoms with E-state index >= 15 is 0 Å². The maximum atomic E-state index is 4.61. The maximum Gasteiger partial charge on any atom is 0.132 e. The van der Waals surface area contributed by atoms with Gasteiger partial charge in [0.1, 0.15) is 5.82 Å². The lowest BCUT2D eigenvalue weighted by molar-refractivity contribution is 0.451. The molecule has 0 amide bonds. The molecule has 0 saturated heterocycles. The first-order valence-electron chi connectivity index (χ1n) is 8.65. The molecule has 0 saturated carbocycles. The van der Waals surface area contributed by atoms with Crippen molar-refractivity contribution in [1.29, 1.82) is 0 Å². The Bertz CT molecular complexity index is 811. The highest BCUT2D eigenvalue weighted by molar-refractivity contribution is 5.58. The number of benzene rings is 1. The summed E-state index contributed by atoms with van der Waals surface area (Å²) < 4.78 is 0. The summed E-state index contributed by atoms with van der Waals surface area (Å²) in [6.07, 6.45) is 4.98. The number of fused-ring (bicyclic) bond motifs is 1. The number of pyridine rings is 1. The summed E-state index contributed by atoms with van der Waals surface area (Å²) in [7, 11) is 2.03. The highest BCUT2D eigenvalue weighted by Crippen LogP contribution is 2.21. The SMILES string of the molecule is CN(c1ccccc1)c1ccc(CNC2CCc3n[nH]nc3C2)cn1. The van der Waals surface area contributed by atoms with Gasteiger partial charge in [-0.05, 0) is 36.6 Å². The fourth-order valence-corrected chi connectivity index (χ4v) is 3.22. The van der Waals surface area contributed by atoms with Crippen LogP contribution in [0.1, 0.15) is 23.4 Å². The van der Waals surface area contributed by atoms with E-state index in [0.717, 1.165) is 48.7 Å². The third-order valence-electron chi connectivity index (χ3n) is 4.76. The van der Waals surface area contributed by atoms with Gasteiger partial charge in [-0.15, -0.1) is 0 Å². The van der Waals surface area contributed by atoms with Gasteiger partial charge in [-0.3, -0.25) is 0 Å². The van der Waals surface area contributed by atoms with Crippen LogP contribution in [0.15, 0.2) is 48.7 Å². The molecule has 3 aromatic rings. The molecule has 1 atom stereocenters. The molecule has 0 aliphatic heterocycles. The van der Waals surface area contributed by atoms with Crippen molar-refractivity contribution in [1.82, 2.24) is 25.7 Å². The largest absolute Gasteiger partial charge is 0.329 e. The van der Waals surface area contributed by atoms with E-state index in [-0.39, 0.29) is 0 Å². The maximum absolute atomic E-state index is 4.61. The zero-order chi connectivity index (χ0) is 17.1. The zero-order valence-electron chi connectivity index (χ0n) is 14.3. The van der Waals surface area contributed by atoms with Crippen molar-refractivity contribution in [2.75, 3.05) is 11.9 Å². The molecule has 4 rings (SSSR count). The number of anilines is 2. The van der Waals surface area contributed by atoms with Crippen molar-refractivity contribution >= 4 is 11.5 Å². The molecule has 25 heavy (non-hydrogen) atoms. The molecular weight excluding hydrogens is 312 g/mol. The van der Waals surface area contributed by atoms with E-state index in [4.69, 9.17) is 0 Å². The average Bonchev–Trinajstić information content (AvgIpc) is 3.15. The van der Waals surface area contributed by atoms with Crippen LogP contribution in [0.25, 0.3) is 0 Å². The molecule has 6 heteroatoms. The lowest BCUT2D eigenvalue weighted by atomic mass is 9.96. The molecular formula is C19H22N6. The smallest absolute Gasteiger partial charge is 0.132 e. The molecule has 2 heterocycles. The number of nitrogens with one attached hydrogen (secondary N) is 2. The minimum atomic E-state index is 0.448. The molecule has 1 aromatic carbocycles. The second kappa shape index (κ2) is 7.03. The lowest BCUT2D eigenvalue weighted by Gasteiger charge is -2.22. The highest BCUT2D eigenvalue weighted by atomic mass is 15.3. The van der Waals surface area contributed by atoms with Gasteiger partial charge < -0.3 is 10.2 Å². The van der Waals surface area contributed by atoms with Crippen molar-refractivity contribution in [2.45, 2.75) is 31.8 Å². The average molecular weight is 334 g/mol. The third-order valence-corrected chi connectivity index (χ3v) is 4.76. The summed E-state index contributed by atoms with van der Waals surface area (Å²) in [5.41, 5.74) is 4.54. The number of aromatic nitrogens is 4. The third kappa shape index (κ3) is 3.53. The molecule has 0 bridgehead atoms.